The van der Waals surface area contributed by atoms with Crippen molar-refractivity contribution in [3.05, 3.63) is 40.3 Å². The third-order valence-corrected chi connectivity index (χ3v) is 5.45. The quantitative estimate of drug-likeness (QED) is 0.857. The second-order valence-corrected chi connectivity index (χ2v) is 7.69. The number of anilines is 1. The molecule has 0 aliphatic rings. The number of thiophene rings is 1. The van der Waals surface area contributed by atoms with Crippen LogP contribution in [0.1, 0.15) is 24.3 Å². The van der Waals surface area contributed by atoms with Crippen molar-refractivity contribution in [3.8, 4) is 0 Å². The highest BCUT2D eigenvalue weighted by molar-refractivity contribution is 7.93. The Bertz CT molecular complexity index is 709. The van der Waals surface area contributed by atoms with E-state index >= 15 is 0 Å². The highest BCUT2D eigenvalue weighted by atomic mass is 32.2. The van der Waals surface area contributed by atoms with Crippen LogP contribution < -0.4 is 10.0 Å². The van der Waals surface area contributed by atoms with Gasteiger partial charge in [0.1, 0.15) is 4.90 Å². The van der Waals surface area contributed by atoms with Crippen molar-refractivity contribution < 1.29 is 8.42 Å². The normalized spacial score (nSPS) is 11.8. The van der Waals surface area contributed by atoms with Crippen molar-refractivity contribution >= 4 is 27.0 Å². The van der Waals surface area contributed by atoms with E-state index in [1.165, 1.54) is 17.5 Å². The smallest absolute Gasteiger partial charge is 0.263 e. The fourth-order valence-electron chi connectivity index (χ4n) is 1.76. The number of hydrogen-bond acceptors (Lipinski definition) is 5. The Morgan fingerprint density at radius 2 is 2.10 bits per heavy atom. The van der Waals surface area contributed by atoms with Crippen molar-refractivity contribution in [1.29, 1.82) is 0 Å². The van der Waals surface area contributed by atoms with E-state index in [2.05, 4.69) is 15.0 Å². The molecule has 21 heavy (non-hydrogen) atoms. The summed E-state index contributed by atoms with van der Waals surface area (Å²) in [6.07, 6.45) is 3.15. The lowest BCUT2D eigenvalue weighted by Gasteiger charge is -2.12. The van der Waals surface area contributed by atoms with Gasteiger partial charge in [0.25, 0.3) is 10.0 Å². The second-order valence-electron chi connectivity index (χ2n) is 5.04. The average molecular weight is 325 g/mol. The highest BCUT2D eigenvalue weighted by Gasteiger charge is 2.20. The molecule has 0 unspecified atom stereocenters. The number of pyridine rings is 1. The number of nitrogens with zero attached hydrogens (tertiary/aromatic N) is 1. The SMILES string of the molecule is Cc1ccncc1NS(=O)(=O)c1ccsc1CNC(C)C. The molecule has 0 aromatic carbocycles. The fraction of sp³-hybridized carbons (Fsp3) is 0.357. The Balaban J connectivity index is 2.24. The zero-order chi connectivity index (χ0) is 15.5. The molecule has 0 aliphatic carbocycles. The predicted molar refractivity (Wildman–Crippen MR) is 86.1 cm³/mol. The molecule has 2 heterocycles. The fourth-order valence-corrected chi connectivity index (χ4v) is 4.28. The maximum absolute atomic E-state index is 12.5. The molecule has 2 rings (SSSR count). The number of aromatic nitrogens is 1. The van der Waals surface area contributed by atoms with Crippen LogP contribution in [-0.4, -0.2) is 19.4 Å². The Morgan fingerprint density at radius 1 is 1.33 bits per heavy atom. The van der Waals surface area contributed by atoms with Crippen molar-refractivity contribution in [2.45, 2.75) is 38.3 Å². The largest absolute Gasteiger partial charge is 0.310 e. The maximum Gasteiger partial charge on any atom is 0.263 e. The lowest BCUT2D eigenvalue weighted by Crippen LogP contribution is -2.23. The summed E-state index contributed by atoms with van der Waals surface area (Å²) in [5.74, 6) is 0. The van der Waals surface area contributed by atoms with Gasteiger partial charge < -0.3 is 5.32 Å². The number of nitrogens with one attached hydrogen (secondary N) is 2. The predicted octanol–water partition coefficient (Wildman–Crippen LogP) is 2.75. The molecule has 0 bridgehead atoms. The van der Waals surface area contributed by atoms with Crippen LogP contribution >= 0.6 is 11.3 Å². The van der Waals surface area contributed by atoms with Crippen LogP contribution in [0.2, 0.25) is 0 Å². The lowest BCUT2D eigenvalue weighted by molar-refractivity contribution is 0.581. The van der Waals surface area contributed by atoms with E-state index in [9.17, 15) is 8.42 Å². The first-order valence-corrected chi connectivity index (χ1v) is 8.99. The van der Waals surface area contributed by atoms with E-state index < -0.39 is 10.0 Å². The van der Waals surface area contributed by atoms with E-state index in [0.29, 0.717) is 23.2 Å². The van der Waals surface area contributed by atoms with Crippen molar-refractivity contribution in [2.75, 3.05) is 4.72 Å². The zero-order valence-corrected chi connectivity index (χ0v) is 13.9. The highest BCUT2D eigenvalue weighted by Crippen LogP contribution is 2.25. The first-order valence-electron chi connectivity index (χ1n) is 6.63. The molecule has 0 aliphatic heterocycles. The summed E-state index contributed by atoms with van der Waals surface area (Å²) in [7, 11) is -3.59. The number of hydrogen-bond donors (Lipinski definition) is 2. The monoisotopic (exact) mass is 325 g/mol. The van der Waals surface area contributed by atoms with Gasteiger partial charge in [-0.3, -0.25) is 9.71 Å². The molecular weight excluding hydrogens is 306 g/mol. The first kappa shape index (κ1) is 15.9. The van der Waals surface area contributed by atoms with Crippen LogP contribution in [0.15, 0.2) is 34.8 Å². The summed E-state index contributed by atoms with van der Waals surface area (Å²) >= 11 is 1.44. The van der Waals surface area contributed by atoms with Gasteiger partial charge in [-0.25, -0.2) is 8.42 Å². The number of sulfonamides is 1. The summed E-state index contributed by atoms with van der Waals surface area (Å²) < 4.78 is 27.6. The van der Waals surface area contributed by atoms with Crippen LogP contribution in [0.5, 0.6) is 0 Å². The van der Waals surface area contributed by atoms with E-state index in [0.717, 1.165) is 10.4 Å². The molecule has 7 heteroatoms. The molecule has 0 spiro atoms. The third kappa shape index (κ3) is 4.03. The van der Waals surface area contributed by atoms with Crippen LogP contribution in [0.4, 0.5) is 5.69 Å². The second kappa shape index (κ2) is 6.55. The molecule has 0 amide bonds. The van der Waals surface area contributed by atoms with Crippen LogP contribution in [0.3, 0.4) is 0 Å². The number of rotatable bonds is 6. The molecule has 2 N–H and O–H groups in total. The minimum absolute atomic E-state index is 0.302. The zero-order valence-electron chi connectivity index (χ0n) is 12.3. The first-order chi connectivity index (χ1) is 9.90. The molecule has 0 radical (unpaired) electrons. The van der Waals surface area contributed by atoms with Gasteiger partial charge in [0.05, 0.1) is 11.9 Å². The standard InChI is InChI=1S/C14H19N3O2S2/c1-10(2)16-9-13-14(5-7-20-13)21(18,19)17-12-8-15-6-4-11(12)3/h4-8,10,16-17H,9H2,1-3H3. The van der Waals surface area contributed by atoms with E-state index in [1.807, 2.05) is 20.8 Å². The van der Waals surface area contributed by atoms with E-state index in [4.69, 9.17) is 0 Å². The minimum atomic E-state index is -3.59. The van der Waals surface area contributed by atoms with Crippen molar-refractivity contribution in [2.24, 2.45) is 0 Å². The maximum atomic E-state index is 12.5. The third-order valence-electron chi connectivity index (χ3n) is 2.95. The van der Waals surface area contributed by atoms with Crippen molar-refractivity contribution in [1.82, 2.24) is 10.3 Å². The summed E-state index contributed by atoms with van der Waals surface area (Å²) in [6.45, 7) is 6.43. The molecule has 2 aromatic heterocycles. The van der Waals surface area contributed by atoms with Gasteiger partial charge in [-0.1, -0.05) is 13.8 Å². The van der Waals surface area contributed by atoms with Gasteiger partial charge in [-0.2, -0.15) is 0 Å². The molecule has 5 nitrogen and oxygen atoms in total. The van der Waals surface area contributed by atoms with Gasteiger partial charge in [-0.05, 0) is 30.0 Å². The van der Waals surface area contributed by atoms with Gasteiger partial charge in [0, 0.05) is 23.7 Å². The molecular formula is C14H19N3O2S2. The van der Waals surface area contributed by atoms with Crippen LogP contribution in [0, 0.1) is 6.92 Å². The van der Waals surface area contributed by atoms with Crippen molar-refractivity contribution in [3.63, 3.8) is 0 Å². The molecule has 0 atom stereocenters. The topological polar surface area (TPSA) is 71.1 Å². The Kier molecular flexibility index (Phi) is 4.97. The van der Waals surface area contributed by atoms with Crippen LogP contribution in [0.25, 0.3) is 0 Å². The minimum Gasteiger partial charge on any atom is -0.310 e. The van der Waals surface area contributed by atoms with E-state index in [-0.39, 0.29) is 0 Å². The summed E-state index contributed by atoms with van der Waals surface area (Å²) in [5, 5.41) is 5.04. The molecule has 114 valence electrons. The summed E-state index contributed by atoms with van der Waals surface area (Å²) in [6, 6.07) is 3.71. The Labute approximate surface area is 129 Å². The lowest BCUT2D eigenvalue weighted by atomic mass is 10.3. The number of aryl methyl sites for hydroxylation is 1. The Morgan fingerprint density at radius 3 is 2.76 bits per heavy atom. The average Bonchev–Trinajstić information content (AvgIpc) is 2.88. The summed E-state index contributed by atoms with van der Waals surface area (Å²) in [4.78, 5) is 5.08. The molecule has 0 fully saturated rings. The molecule has 0 saturated heterocycles. The Hall–Kier alpha value is -1.44. The van der Waals surface area contributed by atoms with Gasteiger partial charge >= 0.3 is 0 Å². The van der Waals surface area contributed by atoms with Crippen LogP contribution in [-0.2, 0) is 16.6 Å². The molecule has 0 saturated carbocycles. The molecule has 2 aromatic rings. The summed E-state index contributed by atoms with van der Waals surface area (Å²) in [5.41, 5.74) is 1.34. The van der Waals surface area contributed by atoms with Gasteiger partial charge in [-0.15, -0.1) is 11.3 Å². The van der Waals surface area contributed by atoms with Gasteiger partial charge in [0.2, 0.25) is 0 Å². The van der Waals surface area contributed by atoms with Gasteiger partial charge in [0.15, 0.2) is 0 Å². The van der Waals surface area contributed by atoms with E-state index in [1.54, 1.807) is 23.7 Å².